The Labute approximate surface area is 124 Å². The van der Waals surface area contributed by atoms with E-state index in [-0.39, 0.29) is 0 Å². The minimum Gasteiger partial charge on any atom is -0.493 e. The Bertz CT molecular complexity index is 397. The first-order chi connectivity index (χ1) is 9.08. The fourth-order valence-corrected chi connectivity index (χ4v) is 2.48. The maximum absolute atomic E-state index is 5.33. The summed E-state index contributed by atoms with van der Waals surface area (Å²) in [6.45, 7) is 2.93. The predicted molar refractivity (Wildman–Crippen MR) is 82.1 cm³/mol. The van der Waals surface area contributed by atoms with Crippen LogP contribution in [0.3, 0.4) is 0 Å². The molecule has 0 spiro atoms. The molecule has 4 nitrogen and oxygen atoms in total. The van der Waals surface area contributed by atoms with Crippen LogP contribution in [-0.4, -0.2) is 46.3 Å². The van der Waals surface area contributed by atoms with Gasteiger partial charge in [-0.05, 0) is 67.2 Å². The van der Waals surface area contributed by atoms with Gasteiger partial charge in [-0.25, -0.2) is 0 Å². The third-order valence-electron chi connectivity index (χ3n) is 2.78. The quantitative estimate of drug-likeness (QED) is 0.742. The van der Waals surface area contributed by atoms with Gasteiger partial charge in [0.25, 0.3) is 0 Å². The molecule has 1 aromatic rings. The van der Waals surface area contributed by atoms with Gasteiger partial charge in [0.05, 0.1) is 18.7 Å². The lowest BCUT2D eigenvalue weighted by Crippen LogP contribution is -2.21. The molecule has 0 unspecified atom stereocenters. The monoisotopic (exact) mass is 330 g/mol. The van der Waals surface area contributed by atoms with Crippen molar-refractivity contribution in [1.82, 2.24) is 10.2 Å². The van der Waals surface area contributed by atoms with Gasteiger partial charge in [0.1, 0.15) is 0 Å². The van der Waals surface area contributed by atoms with Gasteiger partial charge < -0.3 is 19.7 Å². The molecule has 5 heteroatoms. The van der Waals surface area contributed by atoms with Crippen molar-refractivity contribution in [2.24, 2.45) is 0 Å². The molecule has 0 radical (unpaired) electrons. The number of rotatable bonds is 8. The zero-order valence-electron chi connectivity index (χ0n) is 12.1. The van der Waals surface area contributed by atoms with Gasteiger partial charge in [0.15, 0.2) is 11.5 Å². The molecule has 0 atom stereocenters. The smallest absolute Gasteiger partial charge is 0.174 e. The third kappa shape index (κ3) is 5.38. The molecular weight excluding hydrogens is 308 g/mol. The summed E-state index contributed by atoms with van der Waals surface area (Å²) in [7, 11) is 7.47. The second-order valence-electron chi connectivity index (χ2n) is 4.65. The molecule has 0 bridgehead atoms. The maximum Gasteiger partial charge on any atom is 0.174 e. The van der Waals surface area contributed by atoms with E-state index in [2.05, 4.69) is 46.3 Å². The number of hydrogen-bond acceptors (Lipinski definition) is 4. The van der Waals surface area contributed by atoms with Crippen LogP contribution in [0.4, 0.5) is 0 Å². The fourth-order valence-electron chi connectivity index (χ4n) is 1.83. The van der Waals surface area contributed by atoms with E-state index in [1.165, 1.54) is 5.56 Å². The molecule has 19 heavy (non-hydrogen) atoms. The van der Waals surface area contributed by atoms with Gasteiger partial charge in [0.2, 0.25) is 0 Å². The number of ether oxygens (including phenoxy) is 2. The van der Waals surface area contributed by atoms with Crippen molar-refractivity contribution in [2.45, 2.75) is 13.0 Å². The average molecular weight is 331 g/mol. The first-order valence-corrected chi connectivity index (χ1v) is 7.13. The molecule has 0 fully saturated rings. The van der Waals surface area contributed by atoms with Crippen LogP contribution in [0.15, 0.2) is 16.6 Å². The van der Waals surface area contributed by atoms with Gasteiger partial charge >= 0.3 is 0 Å². The van der Waals surface area contributed by atoms with E-state index < -0.39 is 0 Å². The highest BCUT2D eigenvalue weighted by atomic mass is 79.9. The average Bonchev–Trinajstić information content (AvgIpc) is 2.37. The van der Waals surface area contributed by atoms with Crippen LogP contribution in [0, 0.1) is 0 Å². The normalized spacial score (nSPS) is 10.8. The highest BCUT2D eigenvalue weighted by Gasteiger charge is 2.10. The van der Waals surface area contributed by atoms with Crippen LogP contribution in [0.5, 0.6) is 11.5 Å². The number of halogens is 1. The molecule has 108 valence electrons. The van der Waals surface area contributed by atoms with Crippen molar-refractivity contribution in [3.05, 3.63) is 22.2 Å². The Hall–Kier alpha value is -0.780. The minimum atomic E-state index is 0.735. The van der Waals surface area contributed by atoms with Crippen molar-refractivity contribution < 1.29 is 9.47 Å². The topological polar surface area (TPSA) is 33.7 Å². The Balaban J connectivity index is 2.52. The SMILES string of the molecule is COc1cc(CNCCCN(C)C)cc(Br)c1OC. The van der Waals surface area contributed by atoms with Gasteiger partial charge in [-0.1, -0.05) is 0 Å². The van der Waals surface area contributed by atoms with Gasteiger partial charge in [0, 0.05) is 6.54 Å². The highest BCUT2D eigenvalue weighted by Crippen LogP contribution is 2.36. The third-order valence-corrected chi connectivity index (χ3v) is 3.37. The second kappa shape index (κ2) is 8.40. The standard InChI is InChI=1S/C14H23BrN2O2/c1-17(2)7-5-6-16-10-11-8-12(15)14(19-4)13(9-11)18-3/h8-9,16H,5-7,10H2,1-4H3. The zero-order valence-corrected chi connectivity index (χ0v) is 13.7. The molecular formula is C14H23BrN2O2. The van der Waals surface area contributed by atoms with Crippen LogP contribution in [0.25, 0.3) is 0 Å². The largest absolute Gasteiger partial charge is 0.493 e. The number of hydrogen-bond donors (Lipinski definition) is 1. The fraction of sp³-hybridized carbons (Fsp3) is 0.571. The molecule has 1 aromatic carbocycles. The first-order valence-electron chi connectivity index (χ1n) is 6.34. The molecule has 0 saturated carbocycles. The molecule has 0 heterocycles. The maximum atomic E-state index is 5.33. The summed E-state index contributed by atoms with van der Waals surface area (Å²) in [5, 5.41) is 3.43. The molecule has 1 rings (SSSR count). The second-order valence-corrected chi connectivity index (χ2v) is 5.50. The lowest BCUT2D eigenvalue weighted by atomic mass is 10.2. The van der Waals surface area contributed by atoms with Crippen LogP contribution in [0.1, 0.15) is 12.0 Å². The molecule has 0 aromatic heterocycles. The van der Waals surface area contributed by atoms with Crippen molar-refractivity contribution in [3.8, 4) is 11.5 Å². The van der Waals surface area contributed by atoms with Crippen molar-refractivity contribution in [2.75, 3.05) is 41.4 Å². The van der Waals surface area contributed by atoms with E-state index in [1.807, 2.05) is 6.07 Å². The van der Waals surface area contributed by atoms with Crippen LogP contribution >= 0.6 is 15.9 Å². The van der Waals surface area contributed by atoms with E-state index in [0.29, 0.717) is 0 Å². The van der Waals surface area contributed by atoms with Crippen LogP contribution in [0.2, 0.25) is 0 Å². The number of nitrogens with zero attached hydrogens (tertiary/aromatic N) is 1. The van der Waals surface area contributed by atoms with Crippen molar-refractivity contribution in [1.29, 1.82) is 0 Å². The van der Waals surface area contributed by atoms with Crippen LogP contribution < -0.4 is 14.8 Å². The summed E-state index contributed by atoms with van der Waals surface area (Å²) in [5.41, 5.74) is 1.18. The predicted octanol–water partition coefficient (Wildman–Crippen LogP) is 2.51. The highest BCUT2D eigenvalue weighted by molar-refractivity contribution is 9.10. The molecule has 0 aliphatic carbocycles. The number of nitrogens with one attached hydrogen (secondary N) is 1. The zero-order chi connectivity index (χ0) is 14.3. The summed E-state index contributed by atoms with van der Waals surface area (Å²) in [6, 6.07) is 4.06. The summed E-state index contributed by atoms with van der Waals surface area (Å²) in [5.74, 6) is 1.49. The van der Waals surface area contributed by atoms with Gasteiger partial charge in [-0.2, -0.15) is 0 Å². The minimum absolute atomic E-state index is 0.735. The van der Waals surface area contributed by atoms with Crippen molar-refractivity contribution in [3.63, 3.8) is 0 Å². The van der Waals surface area contributed by atoms with Gasteiger partial charge in [-0.15, -0.1) is 0 Å². The van der Waals surface area contributed by atoms with Gasteiger partial charge in [-0.3, -0.25) is 0 Å². The molecule has 1 N–H and O–H groups in total. The molecule has 0 aliphatic rings. The summed E-state index contributed by atoms with van der Waals surface area (Å²) in [4.78, 5) is 2.19. The Morgan fingerprint density at radius 3 is 2.53 bits per heavy atom. The lowest BCUT2D eigenvalue weighted by molar-refractivity contribution is 0.352. The van der Waals surface area contributed by atoms with E-state index >= 15 is 0 Å². The van der Waals surface area contributed by atoms with E-state index in [9.17, 15) is 0 Å². The number of methoxy groups -OCH3 is 2. The Morgan fingerprint density at radius 2 is 1.95 bits per heavy atom. The van der Waals surface area contributed by atoms with E-state index in [4.69, 9.17) is 9.47 Å². The summed E-state index contributed by atoms with van der Waals surface area (Å²) < 4.78 is 11.5. The van der Waals surface area contributed by atoms with Crippen molar-refractivity contribution >= 4 is 15.9 Å². The Morgan fingerprint density at radius 1 is 1.21 bits per heavy atom. The number of benzene rings is 1. The van der Waals surface area contributed by atoms with E-state index in [0.717, 1.165) is 42.0 Å². The summed E-state index contributed by atoms with van der Waals surface area (Å²) >= 11 is 3.50. The molecule has 0 saturated heterocycles. The molecule has 0 amide bonds. The first kappa shape index (κ1) is 16.3. The lowest BCUT2D eigenvalue weighted by Gasteiger charge is -2.13. The van der Waals surface area contributed by atoms with Crippen LogP contribution in [-0.2, 0) is 6.54 Å². The molecule has 0 aliphatic heterocycles. The Kier molecular flexibility index (Phi) is 7.20. The van der Waals surface area contributed by atoms with E-state index in [1.54, 1.807) is 14.2 Å². The summed E-state index contributed by atoms with van der Waals surface area (Å²) in [6.07, 6.45) is 1.14.